The van der Waals surface area contributed by atoms with Gasteiger partial charge < -0.3 is 10.4 Å². The monoisotopic (exact) mass is 321 g/mol. The molecule has 0 radical (unpaired) electrons. The van der Waals surface area contributed by atoms with E-state index >= 15 is 0 Å². The number of amides is 1. The molecule has 0 saturated heterocycles. The minimum Gasteiger partial charge on any atom is -0.386 e. The fourth-order valence-electron chi connectivity index (χ4n) is 2.15. The number of hydrogen-bond acceptors (Lipinski definition) is 2. The van der Waals surface area contributed by atoms with Crippen LogP contribution in [-0.4, -0.2) is 17.1 Å². The summed E-state index contributed by atoms with van der Waals surface area (Å²) >= 11 is 5.80. The predicted octanol–water partition coefficient (Wildman–Crippen LogP) is 3.26. The minimum absolute atomic E-state index is 0.0651. The number of nitrogens with one attached hydrogen (secondary N) is 1. The Balaban J connectivity index is 1.96. The Morgan fingerprint density at radius 3 is 2.50 bits per heavy atom. The van der Waals surface area contributed by atoms with Crippen molar-refractivity contribution >= 4 is 17.5 Å². The molecule has 2 unspecified atom stereocenters. The van der Waals surface area contributed by atoms with Crippen LogP contribution in [0.4, 0.5) is 4.39 Å². The van der Waals surface area contributed by atoms with Gasteiger partial charge in [0.1, 0.15) is 5.82 Å². The molecule has 2 rings (SSSR count). The highest BCUT2D eigenvalue weighted by Crippen LogP contribution is 2.19. The number of hydrogen-bond donors (Lipinski definition) is 2. The smallest absolute Gasteiger partial charge is 0.224 e. The van der Waals surface area contributed by atoms with Gasteiger partial charge in [0.15, 0.2) is 0 Å². The Morgan fingerprint density at radius 2 is 1.86 bits per heavy atom. The highest BCUT2D eigenvalue weighted by atomic mass is 35.5. The summed E-state index contributed by atoms with van der Waals surface area (Å²) < 4.78 is 13.5. The maximum absolute atomic E-state index is 13.5. The zero-order chi connectivity index (χ0) is 16.1. The van der Waals surface area contributed by atoms with Gasteiger partial charge >= 0.3 is 0 Å². The molecule has 0 saturated carbocycles. The standard InChI is InChI=1S/C17H17ClFNO2/c1-11(17(22)12-6-8-14(18)9-7-12)20-16(21)10-13-4-2-3-5-15(13)19/h2-9,11,17,22H,10H2,1H3,(H,20,21). The lowest BCUT2D eigenvalue weighted by molar-refractivity contribution is -0.121. The van der Waals surface area contributed by atoms with E-state index in [0.717, 1.165) is 0 Å². The lowest BCUT2D eigenvalue weighted by atomic mass is 10.0. The number of aliphatic hydroxyl groups is 1. The van der Waals surface area contributed by atoms with E-state index < -0.39 is 18.0 Å². The number of carbonyl (C=O) groups is 1. The Labute approximate surface area is 133 Å². The second-order valence-corrected chi connectivity index (χ2v) is 5.56. The second kappa shape index (κ2) is 7.38. The number of rotatable bonds is 5. The summed E-state index contributed by atoms with van der Waals surface area (Å²) in [4.78, 5) is 12.0. The molecule has 0 aliphatic rings. The summed E-state index contributed by atoms with van der Waals surface area (Å²) in [5.74, 6) is -0.755. The van der Waals surface area contributed by atoms with Crippen LogP contribution in [0.15, 0.2) is 48.5 Å². The number of aliphatic hydroxyl groups excluding tert-OH is 1. The summed E-state index contributed by atoms with van der Waals surface area (Å²) in [5.41, 5.74) is 0.983. The third-order valence-electron chi connectivity index (χ3n) is 3.38. The van der Waals surface area contributed by atoms with Gasteiger partial charge in [-0.05, 0) is 36.2 Å². The number of halogens is 2. The lowest BCUT2D eigenvalue weighted by Gasteiger charge is -2.20. The molecular formula is C17H17ClFNO2. The van der Waals surface area contributed by atoms with Crippen LogP contribution in [-0.2, 0) is 11.2 Å². The van der Waals surface area contributed by atoms with E-state index in [-0.39, 0.29) is 12.3 Å². The van der Waals surface area contributed by atoms with Crippen molar-refractivity contribution in [3.05, 3.63) is 70.5 Å². The largest absolute Gasteiger partial charge is 0.386 e. The third-order valence-corrected chi connectivity index (χ3v) is 3.63. The van der Waals surface area contributed by atoms with Crippen LogP contribution in [0.5, 0.6) is 0 Å². The summed E-state index contributed by atoms with van der Waals surface area (Å²) in [6, 6.07) is 12.4. The van der Waals surface area contributed by atoms with Gasteiger partial charge in [0.2, 0.25) is 5.91 Å². The molecule has 2 N–H and O–H groups in total. The zero-order valence-electron chi connectivity index (χ0n) is 12.1. The summed E-state index contributed by atoms with van der Waals surface area (Å²) in [6.45, 7) is 1.69. The second-order valence-electron chi connectivity index (χ2n) is 5.12. The van der Waals surface area contributed by atoms with Crippen molar-refractivity contribution in [2.75, 3.05) is 0 Å². The van der Waals surface area contributed by atoms with E-state index in [1.54, 1.807) is 49.4 Å². The molecule has 0 heterocycles. The maximum Gasteiger partial charge on any atom is 0.224 e. The van der Waals surface area contributed by atoms with Gasteiger partial charge in [0.25, 0.3) is 0 Å². The molecule has 0 aromatic heterocycles. The predicted molar refractivity (Wildman–Crippen MR) is 84.1 cm³/mol. The summed E-state index contributed by atoms with van der Waals surface area (Å²) in [5, 5.41) is 13.5. The molecule has 0 fully saturated rings. The number of benzene rings is 2. The fourth-order valence-corrected chi connectivity index (χ4v) is 2.27. The first-order chi connectivity index (χ1) is 10.5. The highest BCUT2D eigenvalue weighted by molar-refractivity contribution is 6.30. The van der Waals surface area contributed by atoms with Crippen LogP contribution >= 0.6 is 11.6 Å². The van der Waals surface area contributed by atoms with Gasteiger partial charge in [-0.3, -0.25) is 4.79 Å². The van der Waals surface area contributed by atoms with Gasteiger partial charge in [0, 0.05) is 5.02 Å². The molecule has 0 spiro atoms. The number of carbonyl (C=O) groups excluding carboxylic acids is 1. The van der Waals surface area contributed by atoms with Crippen molar-refractivity contribution in [1.29, 1.82) is 0 Å². The van der Waals surface area contributed by atoms with Crippen molar-refractivity contribution in [1.82, 2.24) is 5.32 Å². The average molecular weight is 322 g/mol. The van der Waals surface area contributed by atoms with Gasteiger partial charge in [-0.1, -0.05) is 41.9 Å². The Bertz CT molecular complexity index is 645. The van der Waals surface area contributed by atoms with Crippen LogP contribution in [0, 0.1) is 5.82 Å². The van der Waals surface area contributed by atoms with Crippen molar-refractivity contribution in [2.24, 2.45) is 0 Å². The first kappa shape index (κ1) is 16.5. The van der Waals surface area contributed by atoms with Crippen LogP contribution in [0.25, 0.3) is 0 Å². The summed E-state index contributed by atoms with van der Waals surface area (Å²) in [7, 11) is 0. The first-order valence-corrected chi connectivity index (χ1v) is 7.31. The minimum atomic E-state index is -0.859. The molecular weight excluding hydrogens is 305 g/mol. The molecule has 22 heavy (non-hydrogen) atoms. The average Bonchev–Trinajstić information content (AvgIpc) is 2.49. The zero-order valence-corrected chi connectivity index (χ0v) is 12.8. The molecule has 0 bridgehead atoms. The van der Waals surface area contributed by atoms with E-state index in [2.05, 4.69) is 5.32 Å². The summed E-state index contributed by atoms with van der Waals surface area (Å²) in [6.07, 6.45) is -0.925. The molecule has 1 amide bonds. The molecule has 2 atom stereocenters. The van der Waals surface area contributed by atoms with E-state index in [4.69, 9.17) is 11.6 Å². The molecule has 3 nitrogen and oxygen atoms in total. The molecule has 2 aromatic carbocycles. The molecule has 2 aromatic rings. The quantitative estimate of drug-likeness (QED) is 0.888. The van der Waals surface area contributed by atoms with Gasteiger partial charge in [-0.15, -0.1) is 0 Å². The van der Waals surface area contributed by atoms with Gasteiger partial charge in [-0.25, -0.2) is 4.39 Å². The molecule has 5 heteroatoms. The van der Waals surface area contributed by atoms with Gasteiger partial charge in [0.05, 0.1) is 18.6 Å². The third kappa shape index (κ3) is 4.29. The Morgan fingerprint density at radius 1 is 1.23 bits per heavy atom. The van der Waals surface area contributed by atoms with Crippen LogP contribution in [0.1, 0.15) is 24.2 Å². The van der Waals surface area contributed by atoms with Crippen molar-refractivity contribution in [3.63, 3.8) is 0 Å². The van der Waals surface area contributed by atoms with Gasteiger partial charge in [-0.2, -0.15) is 0 Å². The first-order valence-electron chi connectivity index (χ1n) is 6.93. The maximum atomic E-state index is 13.5. The van der Waals surface area contributed by atoms with Crippen molar-refractivity contribution in [3.8, 4) is 0 Å². The molecule has 0 aliphatic heterocycles. The Kier molecular flexibility index (Phi) is 5.52. The van der Waals surface area contributed by atoms with Crippen LogP contribution in [0.2, 0.25) is 5.02 Å². The Hall–Kier alpha value is -1.91. The van der Waals surface area contributed by atoms with Crippen LogP contribution in [0.3, 0.4) is 0 Å². The van der Waals surface area contributed by atoms with E-state index in [9.17, 15) is 14.3 Å². The fraction of sp³-hybridized carbons (Fsp3) is 0.235. The highest BCUT2D eigenvalue weighted by Gasteiger charge is 2.19. The topological polar surface area (TPSA) is 49.3 Å². The van der Waals surface area contributed by atoms with E-state index in [1.165, 1.54) is 6.07 Å². The van der Waals surface area contributed by atoms with Crippen molar-refractivity contribution < 1.29 is 14.3 Å². The SMILES string of the molecule is CC(NC(=O)Cc1ccccc1F)C(O)c1ccc(Cl)cc1. The molecule has 0 aliphatic carbocycles. The van der Waals surface area contributed by atoms with Crippen molar-refractivity contribution in [2.45, 2.75) is 25.5 Å². The van der Waals surface area contributed by atoms with Crippen LogP contribution < -0.4 is 5.32 Å². The van der Waals surface area contributed by atoms with E-state index in [0.29, 0.717) is 16.1 Å². The lowest BCUT2D eigenvalue weighted by Crippen LogP contribution is -2.38. The molecule has 116 valence electrons. The van der Waals surface area contributed by atoms with E-state index in [1.807, 2.05) is 0 Å². The normalized spacial score (nSPS) is 13.5.